The number of halogens is 2. The van der Waals surface area contributed by atoms with Gasteiger partial charge in [0, 0.05) is 13.0 Å². The first kappa shape index (κ1) is 15.7. The van der Waals surface area contributed by atoms with Gasteiger partial charge in [0.15, 0.2) is 0 Å². The number of ether oxygens (including phenoxy) is 2. The van der Waals surface area contributed by atoms with Crippen LogP contribution in [0.4, 0.5) is 8.78 Å². The van der Waals surface area contributed by atoms with Crippen molar-refractivity contribution in [1.82, 2.24) is 5.32 Å². The Labute approximate surface area is 120 Å². The molecule has 21 heavy (non-hydrogen) atoms. The largest absolute Gasteiger partial charge is 0.491 e. The number of fused-ring (bicyclic) bond motifs is 1. The van der Waals surface area contributed by atoms with Gasteiger partial charge in [-0.2, -0.15) is 0 Å². The fourth-order valence-corrected chi connectivity index (χ4v) is 2.01. The molecule has 1 unspecified atom stereocenters. The van der Waals surface area contributed by atoms with Crippen LogP contribution in [-0.4, -0.2) is 43.8 Å². The first-order chi connectivity index (χ1) is 10.1. The molecular formula is C14H17F2NO4. The van der Waals surface area contributed by atoms with Gasteiger partial charge in [0.2, 0.25) is 0 Å². The van der Waals surface area contributed by atoms with E-state index in [4.69, 9.17) is 9.47 Å². The van der Waals surface area contributed by atoms with Gasteiger partial charge in [0.1, 0.15) is 19.0 Å². The van der Waals surface area contributed by atoms with Gasteiger partial charge in [-0.15, -0.1) is 0 Å². The van der Waals surface area contributed by atoms with E-state index in [1.807, 2.05) is 0 Å². The maximum atomic E-state index is 11.9. The Morgan fingerprint density at radius 2 is 2.24 bits per heavy atom. The highest BCUT2D eigenvalue weighted by atomic mass is 19.3. The zero-order valence-electron chi connectivity index (χ0n) is 11.4. The molecule has 1 heterocycles. The summed E-state index contributed by atoms with van der Waals surface area (Å²) >= 11 is 0. The summed E-state index contributed by atoms with van der Waals surface area (Å²) in [6.07, 6.45) is -3.23. The molecule has 1 atom stereocenters. The summed E-state index contributed by atoms with van der Waals surface area (Å²) in [4.78, 5) is 11.8. The lowest BCUT2D eigenvalue weighted by atomic mass is 10.0. The Morgan fingerprint density at radius 1 is 1.43 bits per heavy atom. The molecule has 0 fully saturated rings. The van der Waals surface area contributed by atoms with Crippen molar-refractivity contribution in [3.63, 3.8) is 0 Å². The zero-order valence-corrected chi connectivity index (χ0v) is 11.4. The maximum Gasteiger partial charge on any atom is 0.261 e. The number of benzene rings is 1. The van der Waals surface area contributed by atoms with E-state index in [0.29, 0.717) is 30.0 Å². The maximum absolute atomic E-state index is 11.9. The first-order valence-corrected chi connectivity index (χ1v) is 6.67. The molecule has 2 N–H and O–H groups in total. The van der Waals surface area contributed by atoms with Crippen LogP contribution in [0.3, 0.4) is 0 Å². The van der Waals surface area contributed by atoms with Crippen molar-refractivity contribution in [3.8, 4) is 5.75 Å². The molecule has 0 bridgehead atoms. The normalized spacial score (nSPS) is 15.9. The third kappa shape index (κ3) is 4.37. The molecule has 1 aliphatic rings. The van der Waals surface area contributed by atoms with Gasteiger partial charge in [-0.1, -0.05) is 6.07 Å². The van der Waals surface area contributed by atoms with E-state index in [2.05, 4.69) is 5.32 Å². The number of amides is 1. The summed E-state index contributed by atoms with van der Waals surface area (Å²) in [6.45, 7) is 0.188. The van der Waals surface area contributed by atoms with Crippen LogP contribution in [0.15, 0.2) is 18.2 Å². The molecule has 7 heteroatoms. The standard InChI is InChI=1S/C14H17F2NO4/c15-13(16)8-20-5-3-11(18)9-1-2-12-10(7-9)14(19)17-4-6-21-12/h1-2,7,11,13,18H,3-6,8H2,(H,17,19). The third-order valence-corrected chi connectivity index (χ3v) is 3.06. The Morgan fingerprint density at radius 3 is 3.00 bits per heavy atom. The van der Waals surface area contributed by atoms with Gasteiger partial charge in [-0.05, 0) is 17.7 Å². The van der Waals surface area contributed by atoms with Gasteiger partial charge in [0.05, 0.1) is 18.2 Å². The summed E-state index contributed by atoms with van der Waals surface area (Å²) in [5, 5.41) is 12.7. The van der Waals surface area contributed by atoms with Crippen LogP contribution in [0.1, 0.15) is 28.4 Å². The fourth-order valence-electron chi connectivity index (χ4n) is 2.01. The van der Waals surface area contributed by atoms with Gasteiger partial charge in [-0.25, -0.2) is 8.78 Å². The smallest absolute Gasteiger partial charge is 0.261 e. The molecule has 0 aliphatic carbocycles. The highest BCUT2D eigenvalue weighted by Gasteiger charge is 2.18. The molecule has 1 amide bonds. The van der Waals surface area contributed by atoms with Crippen LogP contribution in [0.2, 0.25) is 0 Å². The number of aliphatic hydroxyl groups is 1. The lowest BCUT2D eigenvalue weighted by Gasteiger charge is -2.13. The first-order valence-electron chi connectivity index (χ1n) is 6.67. The van der Waals surface area contributed by atoms with Crippen molar-refractivity contribution in [2.24, 2.45) is 0 Å². The molecule has 1 aromatic carbocycles. The molecule has 116 valence electrons. The molecule has 0 saturated carbocycles. The van der Waals surface area contributed by atoms with Gasteiger partial charge < -0.3 is 19.9 Å². The Balaban J connectivity index is 1.98. The molecular weight excluding hydrogens is 284 g/mol. The number of rotatable bonds is 6. The number of alkyl halides is 2. The predicted octanol–water partition coefficient (Wildman–Crippen LogP) is 1.51. The number of carbonyl (C=O) groups is 1. The van der Waals surface area contributed by atoms with Crippen molar-refractivity contribution < 1.29 is 28.2 Å². The summed E-state index contributed by atoms with van der Waals surface area (Å²) in [6, 6.07) is 4.82. The van der Waals surface area contributed by atoms with Crippen LogP contribution in [0.5, 0.6) is 5.75 Å². The molecule has 0 spiro atoms. The Bertz CT molecular complexity index is 496. The van der Waals surface area contributed by atoms with E-state index in [9.17, 15) is 18.7 Å². The van der Waals surface area contributed by atoms with E-state index in [-0.39, 0.29) is 18.9 Å². The van der Waals surface area contributed by atoms with Crippen LogP contribution in [0, 0.1) is 0 Å². The minimum Gasteiger partial charge on any atom is -0.491 e. The fraction of sp³-hybridized carbons (Fsp3) is 0.500. The van der Waals surface area contributed by atoms with Crippen molar-refractivity contribution in [1.29, 1.82) is 0 Å². The summed E-state index contributed by atoms with van der Waals surface area (Å²) in [5.74, 6) is 0.209. The molecule has 0 radical (unpaired) electrons. The van der Waals surface area contributed by atoms with Crippen LogP contribution in [-0.2, 0) is 4.74 Å². The van der Waals surface area contributed by atoms with Crippen molar-refractivity contribution in [2.75, 3.05) is 26.4 Å². The summed E-state index contributed by atoms with van der Waals surface area (Å²) in [7, 11) is 0. The number of hydrogen-bond donors (Lipinski definition) is 2. The van der Waals surface area contributed by atoms with E-state index < -0.39 is 19.1 Å². The molecule has 2 rings (SSSR count). The molecule has 5 nitrogen and oxygen atoms in total. The second-order valence-electron chi connectivity index (χ2n) is 4.63. The topological polar surface area (TPSA) is 67.8 Å². The number of hydrogen-bond acceptors (Lipinski definition) is 4. The van der Waals surface area contributed by atoms with Crippen molar-refractivity contribution in [3.05, 3.63) is 29.3 Å². The van der Waals surface area contributed by atoms with E-state index in [0.717, 1.165) is 0 Å². The highest BCUT2D eigenvalue weighted by Crippen LogP contribution is 2.26. The second kappa shape index (κ2) is 7.33. The Kier molecular flexibility index (Phi) is 5.46. The van der Waals surface area contributed by atoms with E-state index in [1.165, 1.54) is 0 Å². The molecule has 1 aliphatic heterocycles. The average molecular weight is 301 g/mol. The Hall–Kier alpha value is -1.73. The third-order valence-electron chi connectivity index (χ3n) is 3.06. The molecule has 1 aromatic rings. The van der Waals surface area contributed by atoms with Crippen LogP contribution < -0.4 is 10.1 Å². The van der Waals surface area contributed by atoms with E-state index >= 15 is 0 Å². The lowest BCUT2D eigenvalue weighted by molar-refractivity contribution is 0.00480. The zero-order chi connectivity index (χ0) is 15.2. The molecule has 0 aromatic heterocycles. The van der Waals surface area contributed by atoms with Gasteiger partial charge in [0.25, 0.3) is 12.3 Å². The van der Waals surface area contributed by atoms with Crippen LogP contribution >= 0.6 is 0 Å². The summed E-state index contributed by atoms with van der Waals surface area (Å²) in [5.41, 5.74) is 0.882. The SMILES string of the molecule is O=C1NCCOc2ccc(C(O)CCOCC(F)F)cc21. The van der Waals surface area contributed by atoms with Crippen LogP contribution in [0.25, 0.3) is 0 Å². The predicted molar refractivity (Wildman–Crippen MR) is 70.7 cm³/mol. The second-order valence-corrected chi connectivity index (χ2v) is 4.63. The number of carbonyl (C=O) groups excluding carboxylic acids is 1. The number of nitrogens with one attached hydrogen (secondary N) is 1. The number of aliphatic hydroxyl groups excluding tert-OH is 1. The van der Waals surface area contributed by atoms with Crippen molar-refractivity contribution in [2.45, 2.75) is 19.0 Å². The van der Waals surface area contributed by atoms with Gasteiger partial charge >= 0.3 is 0 Å². The average Bonchev–Trinajstić information content (AvgIpc) is 2.65. The monoisotopic (exact) mass is 301 g/mol. The summed E-state index contributed by atoms with van der Waals surface area (Å²) < 4.78 is 33.9. The minimum atomic E-state index is -2.52. The van der Waals surface area contributed by atoms with Crippen molar-refractivity contribution >= 4 is 5.91 Å². The van der Waals surface area contributed by atoms with Gasteiger partial charge in [-0.3, -0.25) is 4.79 Å². The highest BCUT2D eigenvalue weighted by molar-refractivity contribution is 5.97. The quantitative estimate of drug-likeness (QED) is 0.782. The lowest BCUT2D eigenvalue weighted by Crippen LogP contribution is -2.24. The van der Waals surface area contributed by atoms with E-state index in [1.54, 1.807) is 18.2 Å². The minimum absolute atomic E-state index is 0.0191. The molecule has 0 saturated heterocycles.